The summed E-state index contributed by atoms with van der Waals surface area (Å²) in [6.07, 6.45) is 1.58. The molecule has 3 rings (SSSR count). The third kappa shape index (κ3) is 3.12. The van der Waals surface area contributed by atoms with E-state index in [0.29, 0.717) is 17.9 Å². The van der Waals surface area contributed by atoms with Gasteiger partial charge >= 0.3 is 5.97 Å². The van der Waals surface area contributed by atoms with Crippen molar-refractivity contribution in [2.45, 2.75) is 24.9 Å². The Kier molecular flexibility index (Phi) is 5.06. The highest BCUT2D eigenvalue weighted by Gasteiger charge is 2.37. The summed E-state index contributed by atoms with van der Waals surface area (Å²) in [5.41, 5.74) is 2.12. The van der Waals surface area contributed by atoms with Crippen LogP contribution in [0.15, 0.2) is 35.0 Å². The van der Waals surface area contributed by atoms with Crippen molar-refractivity contribution in [1.29, 1.82) is 0 Å². The smallest absolute Gasteiger partial charge is 0.320 e. The van der Waals surface area contributed by atoms with Gasteiger partial charge in [0, 0.05) is 6.54 Å². The Morgan fingerprint density at radius 2 is 2.04 bits per heavy atom. The zero-order chi connectivity index (χ0) is 17.1. The minimum absolute atomic E-state index is 0.0975. The summed E-state index contributed by atoms with van der Waals surface area (Å²) in [4.78, 5) is 13.7. The van der Waals surface area contributed by atoms with E-state index in [-0.39, 0.29) is 6.04 Å². The monoisotopic (exact) mass is 347 g/mol. The van der Waals surface area contributed by atoms with Gasteiger partial charge in [-0.15, -0.1) is 0 Å². The topological polar surface area (TPSA) is 59.0 Å². The molecule has 6 heteroatoms. The normalized spacial score (nSPS) is 19.2. The van der Waals surface area contributed by atoms with Gasteiger partial charge in [-0.3, -0.25) is 9.69 Å². The van der Waals surface area contributed by atoms with Crippen LogP contribution in [0.3, 0.4) is 0 Å². The highest BCUT2D eigenvalue weighted by Crippen LogP contribution is 2.39. The summed E-state index contributed by atoms with van der Waals surface area (Å²) in [6.45, 7) is 0.770. The maximum Gasteiger partial charge on any atom is 0.320 e. The fourth-order valence-corrected chi connectivity index (χ4v) is 4.07. The molecule has 1 aromatic heterocycles. The van der Waals surface area contributed by atoms with Gasteiger partial charge in [0.25, 0.3) is 0 Å². The minimum Gasteiger partial charge on any atom is -0.493 e. The van der Waals surface area contributed by atoms with Gasteiger partial charge in [-0.25, -0.2) is 0 Å². The number of ether oxygens (including phenoxy) is 2. The molecule has 0 radical (unpaired) electrons. The molecule has 0 aliphatic carbocycles. The maximum atomic E-state index is 11.7. The van der Waals surface area contributed by atoms with Crippen LogP contribution >= 0.6 is 11.3 Å². The zero-order valence-corrected chi connectivity index (χ0v) is 14.6. The van der Waals surface area contributed by atoms with Crippen molar-refractivity contribution in [2.24, 2.45) is 0 Å². The molecule has 2 aromatic rings. The van der Waals surface area contributed by atoms with Gasteiger partial charge < -0.3 is 14.6 Å². The Labute approximate surface area is 145 Å². The molecule has 1 N–H and O–H groups in total. The lowest BCUT2D eigenvalue weighted by Crippen LogP contribution is -2.39. The van der Waals surface area contributed by atoms with E-state index < -0.39 is 12.0 Å². The van der Waals surface area contributed by atoms with E-state index in [1.807, 2.05) is 23.6 Å². The van der Waals surface area contributed by atoms with Gasteiger partial charge in [0.15, 0.2) is 11.5 Å². The quantitative estimate of drug-likeness (QED) is 0.868. The summed E-state index contributed by atoms with van der Waals surface area (Å²) in [6, 6.07) is 7.31. The first-order valence-electron chi connectivity index (χ1n) is 7.88. The van der Waals surface area contributed by atoms with Crippen molar-refractivity contribution in [3.63, 3.8) is 0 Å². The van der Waals surface area contributed by atoms with Gasteiger partial charge in [-0.1, -0.05) is 6.07 Å². The summed E-state index contributed by atoms with van der Waals surface area (Å²) in [5.74, 6) is 0.566. The van der Waals surface area contributed by atoms with E-state index in [1.165, 1.54) is 0 Å². The number of likely N-dealkylation sites (tertiary alicyclic amines) is 1. The molecule has 128 valence electrons. The van der Waals surface area contributed by atoms with E-state index in [0.717, 1.165) is 24.1 Å². The van der Waals surface area contributed by atoms with Crippen LogP contribution in [0.4, 0.5) is 0 Å². The number of methoxy groups -OCH3 is 2. The van der Waals surface area contributed by atoms with Crippen LogP contribution in [0.5, 0.6) is 11.5 Å². The summed E-state index contributed by atoms with van der Waals surface area (Å²) in [5, 5.41) is 13.7. The fourth-order valence-electron chi connectivity index (χ4n) is 3.39. The highest BCUT2D eigenvalue weighted by atomic mass is 32.1. The van der Waals surface area contributed by atoms with Crippen molar-refractivity contribution in [2.75, 3.05) is 20.8 Å². The summed E-state index contributed by atoms with van der Waals surface area (Å²) in [7, 11) is 3.21. The van der Waals surface area contributed by atoms with Crippen LogP contribution in [0.1, 0.15) is 30.0 Å². The van der Waals surface area contributed by atoms with E-state index in [4.69, 9.17) is 9.47 Å². The lowest BCUT2D eigenvalue weighted by atomic mass is 9.98. The van der Waals surface area contributed by atoms with Crippen LogP contribution in [0.25, 0.3) is 0 Å². The Morgan fingerprint density at radius 3 is 2.67 bits per heavy atom. The zero-order valence-electron chi connectivity index (χ0n) is 13.8. The lowest BCUT2D eigenvalue weighted by Gasteiger charge is -2.31. The molecular weight excluding hydrogens is 326 g/mol. The number of carboxylic acid groups (broad SMARTS) is 1. The molecule has 2 heterocycles. The number of benzene rings is 1. The molecule has 2 atom stereocenters. The van der Waals surface area contributed by atoms with E-state index in [2.05, 4.69) is 16.3 Å². The van der Waals surface area contributed by atoms with Crippen molar-refractivity contribution >= 4 is 17.3 Å². The molecule has 1 aliphatic heterocycles. The predicted molar refractivity (Wildman–Crippen MR) is 93.1 cm³/mol. The number of hydrogen-bond acceptors (Lipinski definition) is 5. The standard InChI is InChI=1S/C18H21NO4S/c1-22-15-6-5-12(10-16(15)23-2)17(13-7-9-24-11-13)19-8-3-4-14(19)18(20)21/h5-7,9-11,14,17H,3-4,8H2,1-2H3,(H,20,21). The largest absolute Gasteiger partial charge is 0.493 e. The molecule has 0 spiro atoms. The first kappa shape index (κ1) is 16.8. The van der Waals surface area contributed by atoms with Gasteiger partial charge in [-0.05, 0) is 52.9 Å². The Hall–Kier alpha value is -2.05. The predicted octanol–water partition coefficient (Wildman–Crippen LogP) is 3.40. The van der Waals surface area contributed by atoms with Crippen LogP contribution in [-0.4, -0.2) is 42.8 Å². The molecule has 0 bridgehead atoms. The van der Waals surface area contributed by atoms with Crippen molar-refractivity contribution in [1.82, 2.24) is 4.90 Å². The Balaban J connectivity index is 2.04. The number of thiophene rings is 1. The number of carboxylic acids is 1. The van der Waals surface area contributed by atoms with Gasteiger partial charge in [0.05, 0.1) is 20.3 Å². The summed E-state index contributed by atoms with van der Waals surface area (Å²) >= 11 is 1.62. The lowest BCUT2D eigenvalue weighted by molar-refractivity contribution is -0.142. The van der Waals surface area contributed by atoms with Crippen LogP contribution in [-0.2, 0) is 4.79 Å². The summed E-state index contributed by atoms with van der Waals surface area (Å²) < 4.78 is 10.7. The van der Waals surface area contributed by atoms with Gasteiger partial charge in [0.1, 0.15) is 6.04 Å². The average molecular weight is 347 g/mol. The molecule has 24 heavy (non-hydrogen) atoms. The number of hydrogen-bond donors (Lipinski definition) is 1. The third-order valence-corrected chi connectivity index (χ3v) is 5.19. The van der Waals surface area contributed by atoms with Gasteiger partial charge in [-0.2, -0.15) is 11.3 Å². The van der Waals surface area contributed by atoms with Crippen LogP contribution in [0.2, 0.25) is 0 Å². The first-order valence-corrected chi connectivity index (χ1v) is 8.82. The number of rotatable bonds is 6. The number of carbonyl (C=O) groups is 1. The average Bonchev–Trinajstić information content (AvgIpc) is 3.27. The third-order valence-electron chi connectivity index (χ3n) is 4.49. The second kappa shape index (κ2) is 7.23. The van der Waals surface area contributed by atoms with Crippen molar-refractivity contribution in [3.8, 4) is 11.5 Å². The highest BCUT2D eigenvalue weighted by molar-refractivity contribution is 7.08. The SMILES string of the molecule is COc1ccc(C(c2ccsc2)N2CCCC2C(=O)O)cc1OC. The molecular formula is C18H21NO4S. The number of nitrogens with zero attached hydrogens (tertiary/aromatic N) is 1. The molecule has 0 saturated carbocycles. The first-order chi connectivity index (χ1) is 11.7. The molecule has 2 unspecified atom stereocenters. The second-order valence-electron chi connectivity index (χ2n) is 5.81. The van der Waals surface area contributed by atoms with E-state index >= 15 is 0 Å². The number of aliphatic carboxylic acids is 1. The Morgan fingerprint density at radius 1 is 1.25 bits per heavy atom. The molecule has 1 aliphatic rings. The Bertz CT molecular complexity index is 701. The van der Waals surface area contributed by atoms with Crippen molar-refractivity contribution in [3.05, 3.63) is 46.2 Å². The van der Waals surface area contributed by atoms with Crippen LogP contribution in [0, 0.1) is 0 Å². The molecule has 0 amide bonds. The second-order valence-corrected chi connectivity index (χ2v) is 6.59. The molecule has 1 fully saturated rings. The maximum absolute atomic E-state index is 11.7. The van der Waals surface area contributed by atoms with Crippen molar-refractivity contribution < 1.29 is 19.4 Å². The van der Waals surface area contributed by atoms with E-state index in [9.17, 15) is 9.90 Å². The molecule has 1 aromatic carbocycles. The van der Waals surface area contributed by atoms with Crippen LogP contribution < -0.4 is 9.47 Å². The van der Waals surface area contributed by atoms with E-state index in [1.54, 1.807) is 25.6 Å². The molecule has 1 saturated heterocycles. The minimum atomic E-state index is -0.756. The van der Waals surface area contributed by atoms with Gasteiger partial charge in [0.2, 0.25) is 0 Å². The molecule has 5 nitrogen and oxygen atoms in total. The fraction of sp³-hybridized carbons (Fsp3) is 0.389.